The monoisotopic (exact) mass is 359 g/mol. The second-order valence-electron chi connectivity index (χ2n) is 6.10. The molecular weight excluding hydrogens is 342 g/mol. The highest BCUT2D eigenvalue weighted by Gasteiger charge is 2.23. The summed E-state index contributed by atoms with van der Waals surface area (Å²) in [4.78, 5) is 22.0. The molecule has 1 amide bonds. The fourth-order valence-corrected chi connectivity index (χ4v) is 2.93. The first kappa shape index (κ1) is 16.0. The van der Waals surface area contributed by atoms with Gasteiger partial charge in [-0.3, -0.25) is 4.90 Å². The topological polar surface area (TPSA) is 79.4 Å². The molecule has 1 aromatic carbocycles. The summed E-state index contributed by atoms with van der Waals surface area (Å²) in [5.41, 5.74) is 1.56. The van der Waals surface area contributed by atoms with Crippen LogP contribution in [0.4, 0.5) is 27.9 Å². The number of ether oxygens (including phenoxy) is 1. The van der Waals surface area contributed by atoms with E-state index in [1.54, 1.807) is 11.1 Å². The molecule has 0 bridgehead atoms. The summed E-state index contributed by atoms with van der Waals surface area (Å²) in [5.74, 6) is 1.09. The Balaban J connectivity index is 1.51. The molecule has 2 aliphatic rings. The number of benzene rings is 1. The number of amides is 1. The number of halogens is 1. The van der Waals surface area contributed by atoms with E-state index < -0.39 is 0 Å². The zero-order chi connectivity index (χ0) is 17.2. The molecule has 8 heteroatoms. The number of nitrogens with zero attached hydrogens (tertiary/aromatic N) is 3. The Kier molecular flexibility index (Phi) is 4.31. The van der Waals surface area contributed by atoms with Gasteiger partial charge in [-0.15, -0.1) is 0 Å². The lowest BCUT2D eigenvalue weighted by atomic mass is 9.93. The summed E-state index contributed by atoms with van der Waals surface area (Å²) in [6.45, 7) is 0.960. The van der Waals surface area contributed by atoms with E-state index in [0.29, 0.717) is 36.0 Å². The highest BCUT2D eigenvalue weighted by atomic mass is 35.5. The Morgan fingerprint density at radius 2 is 2.20 bits per heavy atom. The van der Waals surface area contributed by atoms with Gasteiger partial charge >= 0.3 is 6.09 Å². The van der Waals surface area contributed by atoms with Crippen LogP contribution in [0.1, 0.15) is 19.3 Å². The van der Waals surface area contributed by atoms with E-state index >= 15 is 0 Å². The lowest BCUT2D eigenvalue weighted by Gasteiger charge is -2.27. The molecule has 1 saturated carbocycles. The molecule has 7 nitrogen and oxygen atoms in total. The standard InChI is InChI=1S/C17H18ClN5O2/c18-14-10-19-16(22-15(14)20-11-3-1-4-11)21-12-5-2-6-13(9-12)23-7-8-25-17(23)24/h2,5-6,9-11H,1,3-4,7-8H2,(H2,19,20,21,22). The van der Waals surface area contributed by atoms with Crippen molar-refractivity contribution in [3.8, 4) is 0 Å². The molecule has 1 aliphatic carbocycles. The minimum absolute atomic E-state index is 0.327. The molecule has 1 aromatic heterocycles. The van der Waals surface area contributed by atoms with Gasteiger partial charge in [-0.2, -0.15) is 4.98 Å². The molecule has 0 unspecified atom stereocenters. The van der Waals surface area contributed by atoms with Crippen LogP contribution in [0.15, 0.2) is 30.5 Å². The maximum Gasteiger partial charge on any atom is 0.414 e. The van der Waals surface area contributed by atoms with Crippen molar-refractivity contribution in [2.24, 2.45) is 0 Å². The van der Waals surface area contributed by atoms with Gasteiger partial charge in [0.25, 0.3) is 0 Å². The first-order valence-corrected chi connectivity index (χ1v) is 8.67. The second-order valence-corrected chi connectivity index (χ2v) is 6.51. The highest BCUT2D eigenvalue weighted by Crippen LogP contribution is 2.28. The van der Waals surface area contributed by atoms with Crippen LogP contribution >= 0.6 is 11.6 Å². The summed E-state index contributed by atoms with van der Waals surface area (Å²) in [5, 5.41) is 7.01. The van der Waals surface area contributed by atoms with Crippen LogP contribution in [0, 0.1) is 0 Å². The Bertz CT molecular complexity index is 796. The van der Waals surface area contributed by atoms with Crippen molar-refractivity contribution in [3.05, 3.63) is 35.5 Å². The normalized spacial score (nSPS) is 17.2. The van der Waals surface area contributed by atoms with E-state index in [-0.39, 0.29) is 6.09 Å². The van der Waals surface area contributed by atoms with E-state index in [2.05, 4.69) is 20.6 Å². The predicted octanol–water partition coefficient (Wildman–Crippen LogP) is 3.79. The molecule has 130 valence electrons. The van der Waals surface area contributed by atoms with Gasteiger partial charge in [0, 0.05) is 17.4 Å². The number of anilines is 4. The summed E-state index contributed by atoms with van der Waals surface area (Å²) in [7, 11) is 0. The molecule has 1 aliphatic heterocycles. The third-order valence-electron chi connectivity index (χ3n) is 4.36. The third-order valence-corrected chi connectivity index (χ3v) is 4.64. The third kappa shape index (κ3) is 3.46. The van der Waals surface area contributed by atoms with E-state index in [9.17, 15) is 4.79 Å². The van der Waals surface area contributed by atoms with Gasteiger partial charge in [0.1, 0.15) is 11.6 Å². The Hall–Kier alpha value is -2.54. The van der Waals surface area contributed by atoms with E-state index in [1.165, 1.54) is 6.42 Å². The van der Waals surface area contributed by atoms with Crippen molar-refractivity contribution in [1.29, 1.82) is 0 Å². The van der Waals surface area contributed by atoms with Gasteiger partial charge in [0.15, 0.2) is 5.82 Å². The van der Waals surface area contributed by atoms with Crippen LogP contribution in [0.3, 0.4) is 0 Å². The summed E-state index contributed by atoms with van der Waals surface area (Å²) < 4.78 is 4.98. The molecule has 2 heterocycles. The van der Waals surface area contributed by atoms with Crippen LogP contribution in [0.25, 0.3) is 0 Å². The number of hydrogen-bond acceptors (Lipinski definition) is 6. The number of rotatable bonds is 5. The van der Waals surface area contributed by atoms with Gasteiger partial charge in [-0.05, 0) is 37.5 Å². The number of aromatic nitrogens is 2. The number of cyclic esters (lactones) is 1. The van der Waals surface area contributed by atoms with Crippen molar-refractivity contribution >= 4 is 40.8 Å². The van der Waals surface area contributed by atoms with Crippen molar-refractivity contribution in [2.75, 3.05) is 28.7 Å². The van der Waals surface area contributed by atoms with Crippen LogP contribution < -0.4 is 15.5 Å². The summed E-state index contributed by atoms with van der Waals surface area (Å²) in [6.07, 6.45) is 4.76. The van der Waals surface area contributed by atoms with Gasteiger partial charge < -0.3 is 15.4 Å². The Morgan fingerprint density at radius 1 is 1.32 bits per heavy atom. The summed E-state index contributed by atoms with van der Waals surface area (Å²) in [6, 6.07) is 7.92. The van der Waals surface area contributed by atoms with Crippen molar-refractivity contribution in [1.82, 2.24) is 9.97 Å². The largest absolute Gasteiger partial charge is 0.447 e. The minimum atomic E-state index is -0.327. The maximum absolute atomic E-state index is 11.7. The molecule has 0 spiro atoms. The summed E-state index contributed by atoms with van der Waals surface area (Å²) >= 11 is 6.18. The number of carbonyl (C=O) groups excluding carboxylic acids is 1. The molecule has 2 fully saturated rings. The Morgan fingerprint density at radius 3 is 2.92 bits per heavy atom. The molecule has 25 heavy (non-hydrogen) atoms. The van der Waals surface area contributed by atoms with Gasteiger partial charge in [0.2, 0.25) is 5.95 Å². The SMILES string of the molecule is O=C1OCCN1c1cccc(Nc2ncc(Cl)c(NC3CCC3)n2)c1. The van der Waals surface area contributed by atoms with Crippen molar-refractivity contribution in [3.63, 3.8) is 0 Å². The highest BCUT2D eigenvalue weighted by molar-refractivity contribution is 6.32. The molecule has 0 radical (unpaired) electrons. The average molecular weight is 360 g/mol. The number of carbonyl (C=O) groups is 1. The lowest BCUT2D eigenvalue weighted by molar-refractivity contribution is 0.181. The first-order valence-electron chi connectivity index (χ1n) is 8.29. The molecule has 1 saturated heterocycles. The average Bonchev–Trinajstić information content (AvgIpc) is 3.00. The second kappa shape index (κ2) is 6.76. The van der Waals surface area contributed by atoms with Crippen molar-refractivity contribution < 1.29 is 9.53 Å². The van der Waals surface area contributed by atoms with Crippen LogP contribution in [0.5, 0.6) is 0 Å². The quantitative estimate of drug-likeness (QED) is 0.845. The van der Waals surface area contributed by atoms with E-state index in [1.807, 2.05) is 24.3 Å². The number of nitrogens with one attached hydrogen (secondary N) is 2. The van der Waals surface area contributed by atoms with Crippen LogP contribution in [-0.2, 0) is 4.74 Å². The fraction of sp³-hybridized carbons (Fsp3) is 0.353. The number of hydrogen-bond donors (Lipinski definition) is 2. The smallest absolute Gasteiger partial charge is 0.414 e. The Labute approximate surface area is 150 Å². The van der Waals surface area contributed by atoms with Gasteiger partial charge in [-0.25, -0.2) is 9.78 Å². The molecule has 0 atom stereocenters. The van der Waals surface area contributed by atoms with Crippen LogP contribution in [0.2, 0.25) is 5.02 Å². The van der Waals surface area contributed by atoms with E-state index in [4.69, 9.17) is 16.3 Å². The zero-order valence-corrected chi connectivity index (χ0v) is 14.3. The van der Waals surface area contributed by atoms with Crippen LogP contribution in [-0.4, -0.2) is 35.3 Å². The first-order chi connectivity index (χ1) is 12.2. The minimum Gasteiger partial charge on any atom is -0.447 e. The maximum atomic E-state index is 11.7. The fourth-order valence-electron chi connectivity index (χ4n) is 2.78. The van der Waals surface area contributed by atoms with Gasteiger partial charge in [-0.1, -0.05) is 17.7 Å². The predicted molar refractivity (Wildman–Crippen MR) is 96.7 cm³/mol. The molecule has 2 N–H and O–H groups in total. The molecular formula is C17H18ClN5O2. The lowest BCUT2D eigenvalue weighted by Crippen LogP contribution is -2.27. The molecule has 4 rings (SSSR count). The molecule has 2 aromatic rings. The van der Waals surface area contributed by atoms with Gasteiger partial charge in [0.05, 0.1) is 12.7 Å². The van der Waals surface area contributed by atoms with E-state index in [0.717, 1.165) is 24.2 Å². The van der Waals surface area contributed by atoms with Crippen molar-refractivity contribution in [2.45, 2.75) is 25.3 Å². The zero-order valence-electron chi connectivity index (χ0n) is 13.5.